The topological polar surface area (TPSA) is 104 Å². The van der Waals surface area contributed by atoms with Crippen molar-refractivity contribution in [2.24, 2.45) is 0 Å². The summed E-state index contributed by atoms with van der Waals surface area (Å²) < 4.78 is 0. The molecule has 7 nitrogen and oxygen atoms in total. The second-order valence-electron chi connectivity index (χ2n) is 3.06. The van der Waals surface area contributed by atoms with Crippen LogP contribution in [0.15, 0.2) is 24.3 Å². The van der Waals surface area contributed by atoms with E-state index in [2.05, 4.69) is 25.9 Å². The third-order valence-corrected chi connectivity index (χ3v) is 1.90. The highest BCUT2D eigenvalue weighted by Crippen LogP contribution is 2.10. The van der Waals surface area contributed by atoms with Gasteiger partial charge in [-0.15, -0.1) is 10.2 Å². The zero-order chi connectivity index (χ0) is 11.4. The van der Waals surface area contributed by atoms with Crippen LogP contribution in [0.3, 0.4) is 0 Å². The maximum absolute atomic E-state index is 11.6. The molecule has 1 aromatic heterocycles. The molecule has 2 rings (SSSR count). The van der Waals surface area contributed by atoms with Crippen molar-refractivity contribution in [3.63, 3.8) is 0 Å². The maximum Gasteiger partial charge on any atom is 0.251 e. The number of nitrogens with one attached hydrogen (secondary N) is 2. The molecule has 0 saturated heterocycles. The van der Waals surface area contributed by atoms with Crippen LogP contribution in [0, 0.1) is 0 Å². The average Bonchev–Trinajstić information content (AvgIpc) is 2.78. The first-order valence-electron chi connectivity index (χ1n) is 4.55. The molecular weight excluding hydrogens is 210 g/mol. The maximum atomic E-state index is 11.6. The monoisotopic (exact) mass is 219 g/mol. The van der Waals surface area contributed by atoms with Crippen LogP contribution < -0.4 is 5.32 Å². The molecule has 82 valence electrons. The Kier molecular flexibility index (Phi) is 2.77. The van der Waals surface area contributed by atoms with E-state index in [1.165, 1.54) is 12.1 Å². The first-order chi connectivity index (χ1) is 7.75. The molecule has 1 aromatic carbocycles. The SMILES string of the molecule is O=C(NCc1nn[nH]n1)c1cccc(O)c1. The lowest BCUT2D eigenvalue weighted by Crippen LogP contribution is -2.23. The minimum absolute atomic E-state index is 0.0483. The van der Waals surface area contributed by atoms with Crippen LogP contribution >= 0.6 is 0 Å². The number of amides is 1. The normalized spacial score (nSPS) is 10.0. The van der Waals surface area contributed by atoms with Crippen molar-refractivity contribution >= 4 is 5.91 Å². The quantitative estimate of drug-likeness (QED) is 0.665. The first-order valence-corrected chi connectivity index (χ1v) is 4.55. The number of hydrogen-bond donors (Lipinski definition) is 3. The number of hydrogen-bond acceptors (Lipinski definition) is 5. The number of H-pyrrole nitrogens is 1. The van der Waals surface area contributed by atoms with Crippen molar-refractivity contribution < 1.29 is 9.90 Å². The van der Waals surface area contributed by atoms with Gasteiger partial charge in [0.15, 0.2) is 5.82 Å². The van der Waals surface area contributed by atoms with E-state index in [1.807, 2.05) is 0 Å². The van der Waals surface area contributed by atoms with Gasteiger partial charge >= 0.3 is 0 Å². The number of carbonyl (C=O) groups excluding carboxylic acids is 1. The highest BCUT2D eigenvalue weighted by molar-refractivity contribution is 5.94. The molecule has 0 aliphatic rings. The largest absolute Gasteiger partial charge is 0.508 e. The van der Waals surface area contributed by atoms with Crippen LogP contribution in [0.1, 0.15) is 16.2 Å². The number of carbonyl (C=O) groups is 1. The molecule has 0 spiro atoms. The Labute approximate surface area is 90.5 Å². The first kappa shape index (κ1) is 10.1. The smallest absolute Gasteiger partial charge is 0.251 e. The van der Waals surface area contributed by atoms with Gasteiger partial charge in [-0.2, -0.15) is 5.21 Å². The highest BCUT2D eigenvalue weighted by atomic mass is 16.3. The summed E-state index contributed by atoms with van der Waals surface area (Å²) in [7, 11) is 0. The molecule has 2 aromatic rings. The van der Waals surface area contributed by atoms with E-state index >= 15 is 0 Å². The lowest BCUT2D eigenvalue weighted by Gasteiger charge is -2.02. The van der Waals surface area contributed by atoms with Crippen LogP contribution in [0.25, 0.3) is 0 Å². The lowest BCUT2D eigenvalue weighted by atomic mass is 10.2. The van der Waals surface area contributed by atoms with E-state index in [0.29, 0.717) is 11.4 Å². The van der Waals surface area contributed by atoms with Crippen LogP contribution in [0.2, 0.25) is 0 Å². The molecule has 16 heavy (non-hydrogen) atoms. The molecule has 0 atom stereocenters. The molecule has 0 fully saturated rings. The van der Waals surface area contributed by atoms with Crippen molar-refractivity contribution in [3.8, 4) is 5.75 Å². The minimum Gasteiger partial charge on any atom is -0.508 e. The molecule has 0 bridgehead atoms. The molecule has 1 heterocycles. The molecule has 0 unspecified atom stereocenters. The van der Waals surface area contributed by atoms with Gasteiger partial charge in [-0.1, -0.05) is 11.3 Å². The van der Waals surface area contributed by atoms with Gasteiger partial charge in [-0.3, -0.25) is 4.79 Å². The van der Waals surface area contributed by atoms with E-state index in [0.717, 1.165) is 0 Å². The lowest BCUT2D eigenvalue weighted by molar-refractivity contribution is 0.0949. The fourth-order valence-electron chi connectivity index (χ4n) is 1.17. The summed E-state index contributed by atoms with van der Waals surface area (Å²) in [5, 5.41) is 24.8. The van der Waals surface area contributed by atoms with E-state index in [-0.39, 0.29) is 18.2 Å². The van der Waals surface area contributed by atoms with Crippen molar-refractivity contribution in [1.29, 1.82) is 0 Å². The Hall–Kier alpha value is -2.44. The van der Waals surface area contributed by atoms with Gasteiger partial charge in [0.1, 0.15) is 5.75 Å². The third-order valence-electron chi connectivity index (χ3n) is 1.90. The molecule has 0 aliphatic carbocycles. The third kappa shape index (κ3) is 2.32. The number of aromatic hydroxyl groups is 1. The number of nitrogens with zero attached hydrogens (tertiary/aromatic N) is 3. The Bertz CT molecular complexity index is 482. The van der Waals surface area contributed by atoms with E-state index < -0.39 is 0 Å². The van der Waals surface area contributed by atoms with E-state index in [4.69, 9.17) is 0 Å². The molecule has 0 radical (unpaired) electrons. The molecular formula is C9H9N5O2. The van der Waals surface area contributed by atoms with Crippen molar-refractivity contribution in [1.82, 2.24) is 25.9 Å². The van der Waals surface area contributed by atoms with Crippen LogP contribution in [-0.4, -0.2) is 31.6 Å². The predicted molar refractivity (Wildman–Crippen MR) is 53.5 cm³/mol. The Balaban J connectivity index is 1.98. The number of phenolic OH excluding ortho intramolecular Hbond substituents is 1. The summed E-state index contributed by atoms with van der Waals surface area (Å²) in [6, 6.07) is 6.07. The zero-order valence-electron chi connectivity index (χ0n) is 8.21. The van der Waals surface area contributed by atoms with Gasteiger partial charge in [-0.25, -0.2) is 0 Å². The highest BCUT2D eigenvalue weighted by Gasteiger charge is 2.06. The zero-order valence-corrected chi connectivity index (χ0v) is 8.21. The Morgan fingerprint density at radius 2 is 2.38 bits per heavy atom. The molecule has 7 heteroatoms. The average molecular weight is 219 g/mol. The van der Waals surface area contributed by atoms with Gasteiger partial charge in [0.05, 0.1) is 6.54 Å². The number of benzene rings is 1. The van der Waals surface area contributed by atoms with Gasteiger partial charge < -0.3 is 10.4 Å². The van der Waals surface area contributed by atoms with Gasteiger partial charge in [0, 0.05) is 5.56 Å². The summed E-state index contributed by atoms with van der Waals surface area (Å²) in [4.78, 5) is 11.6. The molecule has 0 saturated carbocycles. The molecule has 3 N–H and O–H groups in total. The molecule has 1 amide bonds. The fraction of sp³-hybridized carbons (Fsp3) is 0.111. The van der Waals surface area contributed by atoms with Crippen LogP contribution in [0.5, 0.6) is 5.75 Å². The second kappa shape index (κ2) is 4.39. The summed E-state index contributed by atoms with van der Waals surface area (Å²) in [6.45, 7) is 0.186. The van der Waals surface area contributed by atoms with Crippen molar-refractivity contribution in [3.05, 3.63) is 35.7 Å². The minimum atomic E-state index is -0.305. The van der Waals surface area contributed by atoms with Gasteiger partial charge in [-0.05, 0) is 18.2 Å². The van der Waals surface area contributed by atoms with Crippen LogP contribution in [-0.2, 0) is 6.54 Å². The van der Waals surface area contributed by atoms with Crippen molar-refractivity contribution in [2.75, 3.05) is 0 Å². The summed E-state index contributed by atoms with van der Waals surface area (Å²) in [5.74, 6) is 0.140. The number of aromatic nitrogens is 4. The number of aromatic amines is 1. The summed E-state index contributed by atoms with van der Waals surface area (Å²) in [5.41, 5.74) is 0.378. The summed E-state index contributed by atoms with van der Waals surface area (Å²) in [6.07, 6.45) is 0. The van der Waals surface area contributed by atoms with E-state index in [1.54, 1.807) is 12.1 Å². The summed E-state index contributed by atoms with van der Waals surface area (Å²) >= 11 is 0. The second-order valence-corrected chi connectivity index (χ2v) is 3.06. The standard InChI is InChI=1S/C9H9N5O2/c15-7-3-1-2-6(4-7)9(16)10-5-8-11-13-14-12-8/h1-4,15H,5H2,(H,10,16)(H,11,12,13,14). The van der Waals surface area contributed by atoms with Gasteiger partial charge in [0.2, 0.25) is 0 Å². The Morgan fingerprint density at radius 3 is 3.06 bits per heavy atom. The molecule has 0 aliphatic heterocycles. The van der Waals surface area contributed by atoms with Crippen molar-refractivity contribution in [2.45, 2.75) is 6.54 Å². The van der Waals surface area contributed by atoms with Gasteiger partial charge in [0.25, 0.3) is 5.91 Å². The van der Waals surface area contributed by atoms with Crippen LogP contribution in [0.4, 0.5) is 0 Å². The number of tetrazole rings is 1. The predicted octanol–water partition coefficient (Wildman–Crippen LogP) is -0.165. The number of rotatable bonds is 3. The Morgan fingerprint density at radius 1 is 1.50 bits per heavy atom. The number of phenols is 1. The van der Waals surface area contributed by atoms with E-state index in [9.17, 15) is 9.90 Å². The fourth-order valence-corrected chi connectivity index (χ4v) is 1.17.